The lowest BCUT2D eigenvalue weighted by molar-refractivity contribution is 0.904. The van der Waals surface area contributed by atoms with Gasteiger partial charge < -0.3 is 5.73 Å². The Hall–Kier alpha value is -1.45. The molecule has 2 aromatic rings. The number of rotatable bonds is 3. The highest BCUT2D eigenvalue weighted by Crippen LogP contribution is 2.17. The third-order valence-electron chi connectivity index (χ3n) is 2.58. The van der Waals surface area contributed by atoms with Gasteiger partial charge in [-0.1, -0.05) is 23.8 Å². The van der Waals surface area contributed by atoms with E-state index in [1.807, 2.05) is 25.1 Å². The molecule has 3 nitrogen and oxygen atoms in total. The van der Waals surface area contributed by atoms with Gasteiger partial charge in [-0.05, 0) is 32.5 Å². The van der Waals surface area contributed by atoms with Crippen molar-refractivity contribution in [1.82, 2.24) is 9.97 Å². The first-order valence-electron chi connectivity index (χ1n) is 5.80. The van der Waals surface area contributed by atoms with Gasteiger partial charge in [-0.15, -0.1) is 12.4 Å². The minimum Gasteiger partial charge on any atom is -0.330 e. The maximum absolute atomic E-state index is 5.56. The molecule has 0 unspecified atom stereocenters. The normalized spacial score (nSPS) is 9.94. The molecule has 1 aromatic heterocycles. The van der Waals surface area contributed by atoms with Crippen molar-refractivity contribution in [3.8, 4) is 11.4 Å². The molecule has 0 saturated carbocycles. The van der Waals surface area contributed by atoms with E-state index in [1.54, 1.807) is 0 Å². The standard InChI is InChI=1S/C14H17N3.ClH/c1-10-4-3-5-12(8-10)14-16-11(2)9-13(17-14)6-7-15;/h3-5,8-9H,6-7,15H2,1-2H3;1H. The number of hydrogen-bond acceptors (Lipinski definition) is 3. The van der Waals surface area contributed by atoms with Gasteiger partial charge in [0.1, 0.15) is 0 Å². The van der Waals surface area contributed by atoms with E-state index >= 15 is 0 Å². The van der Waals surface area contributed by atoms with Crippen molar-refractivity contribution in [1.29, 1.82) is 0 Å². The summed E-state index contributed by atoms with van der Waals surface area (Å²) in [6.45, 7) is 4.67. The Labute approximate surface area is 114 Å². The number of nitrogens with two attached hydrogens (primary N) is 1. The number of nitrogens with zero attached hydrogens (tertiary/aromatic N) is 2. The van der Waals surface area contributed by atoms with E-state index in [1.165, 1.54) is 5.56 Å². The Kier molecular flexibility index (Phi) is 5.25. The predicted octanol–water partition coefficient (Wildman–Crippen LogP) is 2.68. The van der Waals surface area contributed by atoms with E-state index in [0.717, 1.165) is 29.2 Å². The predicted molar refractivity (Wildman–Crippen MR) is 76.9 cm³/mol. The van der Waals surface area contributed by atoms with Crippen LogP contribution in [0.5, 0.6) is 0 Å². The topological polar surface area (TPSA) is 51.8 Å². The van der Waals surface area contributed by atoms with Crippen LogP contribution < -0.4 is 5.73 Å². The van der Waals surface area contributed by atoms with Gasteiger partial charge in [0.15, 0.2) is 5.82 Å². The SMILES string of the molecule is Cc1cccc(-c2nc(C)cc(CCN)n2)c1.Cl. The van der Waals surface area contributed by atoms with Crippen LogP contribution in [0.25, 0.3) is 11.4 Å². The molecule has 0 aliphatic heterocycles. The van der Waals surface area contributed by atoms with Crippen molar-refractivity contribution in [2.75, 3.05) is 6.54 Å². The molecule has 0 radical (unpaired) electrons. The molecule has 0 spiro atoms. The highest BCUT2D eigenvalue weighted by molar-refractivity contribution is 5.85. The molecule has 0 bridgehead atoms. The molecule has 0 fully saturated rings. The van der Waals surface area contributed by atoms with Crippen LogP contribution in [0.1, 0.15) is 17.0 Å². The number of benzene rings is 1. The summed E-state index contributed by atoms with van der Waals surface area (Å²) in [4.78, 5) is 9.02. The van der Waals surface area contributed by atoms with E-state index in [-0.39, 0.29) is 12.4 Å². The van der Waals surface area contributed by atoms with Gasteiger partial charge in [-0.25, -0.2) is 9.97 Å². The molecule has 0 amide bonds. The van der Waals surface area contributed by atoms with Gasteiger partial charge in [0, 0.05) is 23.4 Å². The number of aryl methyl sites for hydroxylation is 2. The lowest BCUT2D eigenvalue weighted by Gasteiger charge is -2.06. The molecule has 2 rings (SSSR count). The quantitative estimate of drug-likeness (QED) is 0.926. The van der Waals surface area contributed by atoms with E-state index in [4.69, 9.17) is 5.73 Å². The Morgan fingerprint density at radius 3 is 2.56 bits per heavy atom. The van der Waals surface area contributed by atoms with Crippen molar-refractivity contribution in [3.05, 3.63) is 47.3 Å². The van der Waals surface area contributed by atoms with Gasteiger partial charge in [-0.3, -0.25) is 0 Å². The second-order valence-electron chi connectivity index (χ2n) is 4.23. The maximum atomic E-state index is 5.56. The molecular formula is C14H18ClN3. The Morgan fingerprint density at radius 1 is 1.11 bits per heavy atom. The second-order valence-corrected chi connectivity index (χ2v) is 4.23. The third-order valence-corrected chi connectivity index (χ3v) is 2.58. The molecule has 1 aromatic carbocycles. The number of aromatic nitrogens is 2. The average Bonchev–Trinajstić information content (AvgIpc) is 2.28. The molecule has 0 saturated heterocycles. The number of hydrogen-bond donors (Lipinski definition) is 1. The first-order chi connectivity index (χ1) is 8.19. The summed E-state index contributed by atoms with van der Waals surface area (Å²) in [7, 11) is 0. The smallest absolute Gasteiger partial charge is 0.159 e. The van der Waals surface area contributed by atoms with Crippen LogP contribution >= 0.6 is 12.4 Å². The minimum absolute atomic E-state index is 0. The zero-order chi connectivity index (χ0) is 12.3. The van der Waals surface area contributed by atoms with Gasteiger partial charge in [-0.2, -0.15) is 0 Å². The second kappa shape index (κ2) is 6.47. The van der Waals surface area contributed by atoms with Gasteiger partial charge in [0.2, 0.25) is 0 Å². The van der Waals surface area contributed by atoms with Crippen LogP contribution in [-0.2, 0) is 6.42 Å². The van der Waals surface area contributed by atoms with Crippen molar-refractivity contribution in [3.63, 3.8) is 0 Å². The first kappa shape index (κ1) is 14.6. The molecule has 4 heteroatoms. The fraction of sp³-hybridized carbons (Fsp3) is 0.286. The summed E-state index contributed by atoms with van der Waals surface area (Å²) in [5.41, 5.74) is 9.84. The molecule has 0 aliphatic carbocycles. The van der Waals surface area contributed by atoms with Gasteiger partial charge >= 0.3 is 0 Å². The fourth-order valence-corrected chi connectivity index (χ4v) is 1.82. The third kappa shape index (κ3) is 3.52. The average molecular weight is 264 g/mol. The molecule has 0 atom stereocenters. The number of halogens is 1. The Bertz CT molecular complexity index is 526. The summed E-state index contributed by atoms with van der Waals surface area (Å²) in [6.07, 6.45) is 0.794. The molecule has 0 aliphatic rings. The summed E-state index contributed by atoms with van der Waals surface area (Å²) < 4.78 is 0. The van der Waals surface area contributed by atoms with Gasteiger partial charge in [0.05, 0.1) is 0 Å². The monoisotopic (exact) mass is 263 g/mol. The lowest BCUT2D eigenvalue weighted by atomic mass is 10.1. The molecule has 2 N–H and O–H groups in total. The lowest BCUT2D eigenvalue weighted by Crippen LogP contribution is -2.06. The summed E-state index contributed by atoms with van der Waals surface area (Å²) in [5.74, 6) is 0.789. The van der Waals surface area contributed by atoms with Crippen LogP contribution in [0.15, 0.2) is 30.3 Å². The molecule has 96 valence electrons. The van der Waals surface area contributed by atoms with E-state index < -0.39 is 0 Å². The molecule has 18 heavy (non-hydrogen) atoms. The van der Waals surface area contributed by atoms with Crippen LogP contribution in [0.2, 0.25) is 0 Å². The highest BCUT2D eigenvalue weighted by atomic mass is 35.5. The first-order valence-corrected chi connectivity index (χ1v) is 5.80. The van der Waals surface area contributed by atoms with E-state index in [2.05, 4.69) is 29.0 Å². The summed E-state index contributed by atoms with van der Waals surface area (Å²) in [5, 5.41) is 0. The van der Waals surface area contributed by atoms with Crippen LogP contribution in [0, 0.1) is 13.8 Å². The molecular weight excluding hydrogens is 246 g/mol. The largest absolute Gasteiger partial charge is 0.330 e. The van der Waals surface area contributed by atoms with Crippen LogP contribution in [0.4, 0.5) is 0 Å². The fourth-order valence-electron chi connectivity index (χ4n) is 1.82. The molecule has 1 heterocycles. The van der Waals surface area contributed by atoms with E-state index in [9.17, 15) is 0 Å². The summed E-state index contributed by atoms with van der Waals surface area (Å²) >= 11 is 0. The van der Waals surface area contributed by atoms with Crippen molar-refractivity contribution < 1.29 is 0 Å². The Morgan fingerprint density at radius 2 is 1.89 bits per heavy atom. The zero-order valence-corrected chi connectivity index (χ0v) is 11.5. The maximum Gasteiger partial charge on any atom is 0.159 e. The zero-order valence-electron chi connectivity index (χ0n) is 10.7. The van der Waals surface area contributed by atoms with Crippen molar-refractivity contribution in [2.24, 2.45) is 5.73 Å². The minimum atomic E-state index is 0. The van der Waals surface area contributed by atoms with E-state index in [0.29, 0.717) is 6.54 Å². The van der Waals surface area contributed by atoms with Crippen LogP contribution in [0.3, 0.4) is 0 Å². The van der Waals surface area contributed by atoms with Crippen LogP contribution in [-0.4, -0.2) is 16.5 Å². The van der Waals surface area contributed by atoms with Crippen molar-refractivity contribution in [2.45, 2.75) is 20.3 Å². The highest BCUT2D eigenvalue weighted by Gasteiger charge is 2.04. The van der Waals surface area contributed by atoms with Gasteiger partial charge in [0.25, 0.3) is 0 Å². The Balaban J connectivity index is 0.00000162. The summed E-state index contributed by atoms with van der Waals surface area (Å²) in [6, 6.07) is 10.2. The van der Waals surface area contributed by atoms with Crippen molar-refractivity contribution >= 4 is 12.4 Å².